The maximum Gasteiger partial charge on any atom is 0.350 e. The lowest BCUT2D eigenvalue weighted by atomic mass is 10.2. The quantitative estimate of drug-likeness (QED) is 0.296. The SMILES string of the molecule is CCOc1ccc(COc2ccc(NC(=O)C(C)n3cc([N+](=O)[O-])c(OC)n3)cc2)cc1OCC. The zero-order valence-corrected chi connectivity index (χ0v) is 20.0. The summed E-state index contributed by atoms with van der Waals surface area (Å²) in [6, 6.07) is 11.7. The minimum Gasteiger partial charge on any atom is -0.490 e. The molecule has 0 saturated heterocycles. The van der Waals surface area contributed by atoms with E-state index < -0.39 is 16.9 Å². The van der Waals surface area contributed by atoms with Crippen molar-refractivity contribution in [1.29, 1.82) is 0 Å². The summed E-state index contributed by atoms with van der Waals surface area (Å²) >= 11 is 0. The first-order valence-corrected chi connectivity index (χ1v) is 11.1. The van der Waals surface area contributed by atoms with Crippen molar-refractivity contribution in [2.24, 2.45) is 0 Å². The van der Waals surface area contributed by atoms with Gasteiger partial charge in [0, 0.05) is 5.69 Å². The highest BCUT2D eigenvalue weighted by Crippen LogP contribution is 2.29. The first-order chi connectivity index (χ1) is 16.9. The smallest absolute Gasteiger partial charge is 0.350 e. The number of nitrogens with zero attached hydrogens (tertiary/aromatic N) is 3. The summed E-state index contributed by atoms with van der Waals surface area (Å²) in [7, 11) is 1.28. The first kappa shape index (κ1) is 25.3. The molecule has 1 amide bonds. The van der Waals surface area contributed by atoms with Crippen LogP contribution in [0.4, 0.5) is 11.4 Å². The molecule has 1 N–H and O–H groups in total. The molecule has 186 valence electrons. The van der Waals surface area contributed by atoms with Crippen LogP contribution in [-0.2, 0) is 11.4 Å². The third-order valence-electron chi connectivity index (χ3n) is 4.98. The summed E-state index contributed by atoms with van der Waals surface area (Å²) in [6.45, 7) is 6.82. The summed E-state index contributed by atoms with van der Waals surface area (Å²) in [6.07, 6.45) is 1.16. The normalized spacial score (nSPS) is 11.4. The Morgan fingerprint density at radius 2 is 1.77 bits per heavy atom. The lowest BCUT2D eigenvalue weighted by Crippen LogP contribution is -2.24. The van der Waals surface area contributed by atoms with E-state index in [1.54, 1.807) is 31.2 Å². The van der Waals surface area contributed by atoms with E-state index in [1.165, 1.54) is 11.8 Å². The van der Waals surface area contributed by atoms with E-state index in [4.69, 9.17) is 18.9 Å². The number of aromatic nitrogens is 2. The highest BCUT2D eigenvalue weighted by atomic mass is 16.6. The van der Waals surface area contributed by atoms with E-state index in [-0.39, 0.29) is 11.6 Å². The lowest BCUT2D eigenvalue weighted by Gasteiger charge is -2.14. The number of hydrogen-bond acceptors (Lipinski definition) is 8. The second-order valence-electron chi connectivity index (χ2n) is 7.39. The molecule has 0 saturated carbocycles. The number of carbonyl (C=O) groups excluding carboxylic acids is 1. The summed E-state index contributed by atoms with van der Waals surface area (Å²) in [4.78, 5) is 23.1. The molecular formula is C24H28N4O7. The number of rotatable bonds is 12. The highest BCUT2D eigenvalue weighted by Gasteiger charge is 2.25. The van der Waals surface area contributed by atoms with Gasteiger partial charge >= 0.3 is 11.6 Å². The summed E-state index contributed by atoms with van der Waals surface area (Å²) in [5, 5.41) is 17.8. The van der Waals surface area contributed by atoms with E-state index in [1.807, 2.05) is 32.0 Å². The minimum absolute atomic E-state index is 0.156. The molecule has 0 aliphatic carbocycles. The Bertz CT molecular complexity index is 1160. The zero-order chi connectivity index (χ0) is 25.4. The van der Waals surface area contributed by atoms with Gasteiger partial charge in [-0.2, -0.15) is 0 Å². The van der Waals surface area contributed by atoms with Gasteiger partial charge in [-0.05, 0) is 62.7 Å². The number of ether oxygens (including phenoxy) is 4. The molecule has 1 aromatic heterocycles. The van der Waals surface area contributed by atoms with Crippen molar-refractivity contribution in [2.75, 3.05) is 25.6 Å². The van der Waals surface area contributed by atoms with Crippen LogP contribution in [0.15, 0.2) is 48.7 Å². The van der Waals surface area contributed by atoms with E-state index in [2.05, 4.69) is 10.4 Å². The number of amides is 1. The molecule has 11 nitrogen and oxygen atoms in total. The van der Waals surface area contributed by atoms with Gasteiger partial charge in [-0.15, -0.1) is 5.10 Å². The molecule has 1 unspecified atom stereocenters. The van der Waals surface area contributed by atoms with Crippen LogP contribution in [0.25, 0.3) is 0 Å². The van der Waals surface area contributed by atoms with Crippen molar-refractivity contribution < 1.29 is 28.7 Å². The number of anilines is 1. The van der Waals surface area contributed by atoms with Crippen LogP contribution >= 0.6 is 0 Å². The molecule has 1 heterocycles. The molecule has 0 aliphatic rings. The van der Waals surface area contributed by atoms with E-state index in [0.717, 1.165) is 11.8 Å². The second kappa shape index (κ2) is 11.7. The van der Waals surface area contributed by atoms with E-state index >= 15 is 0 Å². The summed E-state index contributed by atoms with van der Waals surface area (Å²) in [5.74, 6) is 1.43. The Morgan fingerprint density at radius 1 is 1.09 bits per heavy atom. The fraction of sp³-hybridized carbons (Fsp3) is 0.333. The molecule has 1 atom stereocenters. The molecular weight excluding hydrogens is 456 g/mol. The summed E-state index contributed by atoms with van der Waals surface area (Å²) in [5.41, 5.74) is 1.16. The van der Waals surface area contributed by atoms with Gasteiger partial charge < -0.3 is 24.3 Å². The maximum atomic E-state index is 12.6. The van der Waals surface area contributed by atoms with Gasteiger partial charge in [0.1, 0.15) is 24.6 Å². The lowest BCUT2D eigenvalue weighted by molar-refractivity contribution is -0.385. The largest absolute Gasteiger partial charge is 0.490 e. The topological polar surface area (TPSA) is 127 Å². The standard InChI is InChI=1S/C24H28N4O7/c1-5-33-21-12-7-17(13-22(21)34-6-2)15-35-19-10-8-18(9-11-19)25-23(29)16(3)27-14-20(28(30)31)24(26-27)32-4/h7-14,16H,5-6,15H2,1-4H3,(H,25,29). The van der Waals surface area contributed by atoms with Gasteiger partial charge in [0.15, 0.2) is 11.5 Å². The van der Waals surface area contributed by atoms with Crippen LogP contribution in [-0.4, -0.2) is 40.9 Å². The Hall–Kier alpha value is -4.28. The molecule has 2 aromatic carbocycles. The van der Waals surface area contributed by atoms with Crippen LogP contribution in [0, 0.1) is 10.1 Å². The summed E-state index contributed by atoms with van der Waals surface area (Å²) < 4.78 is 23.2. The first-order valence-electron chi connectivity index (χ1n) is 11.1. The van der Waals surface area contributed by atoms with Crippen molar-refractivity contribution in [3.63, 3.8) is 0 Å². The van der Waals surface area contributed by atoms with Crippen LogP contribution in [0.5, 0.6) is 23.1 Å². The molecule has 3 aromatic rings. The Labute approximate surface area is 202 Å². The number of carbonyl (C=O) groups is 1. The molecule has 0 fully saturated rings. The number of nitrogens with one attached hydrogen (secondary N) is 1. The van der Waals surface area contributed by atoms with Crippen molar-refractivity contribution in [3.8, 4) is 23.1 Å². The van der Waals surface area contributed by atoms with Gasteiger partial charge in [-0.1, -0.05) is 6.07 Å². The molecule has 35 heavy (non-hydrogen) atoms. The molecule has 0 radical (unpaired) electrons. The highest BCUT2D eigenvalue weighted by molar-refractivity contribution is 5.93. The third kappa shape index (κ3) is 6.40. The van der Waals surface area contributed by atoms with Crippen LogP contribution < -0.4 is 24.3 Å². The predicted molar refractivity (Wildman–Crippen MR) is 128 cm³/mol. The van der Waals surface area contributed by atoms with Crippen LogP contribution in [0.2, 0.25) is 0 Å². The van der Waals surface area contributed by atoms with Gasteiger partial charge in [0.2, 0.25) is 5.91 Å². The number of hydrogen-bond donors (Lipinski definition) is 1. The maximum absolute atomic E-state index is 12.6. The average Bonchev–Trinajstić information content (AvgIpc) is 3.30. The molecule has 0 aliphatic heterocycles. The predicted octanol–water partition coefficient (Wildman–Crippen LogP) is 4.38. The van der Waals surface area contributed by atoms with Crippen molar-refractivity contribution >= 4 is 17.3 Å². The minimum atomic E-state index is -0.798. The fourth-order valence-electron chi connectivity index (χ4n) is 3.19. The van der Waals surface area contributed by atoms with Gasteiger partial charge in [0.25, 0.3) is 0 Å². The molecule has 0 spiro atoms. The van der Waals surface area contributed by atoms with Gasteiger partial charge in [-0.25, -0.2) is 4.68 Å². The zero-order valence-electron chi connectivity index (χ0n) is 20.0. The number of benzene rings is 2. The van der Waals surface area contributed by atoms with E-state index in [9.17, 15) is 14.9 Å². The third-order valence-corrected chi connectivity index (χ3v) is 4.98. The monoisotopic (exact) mass is 484 g/mol. The second-order valence-corrected chi connectivity index (χ2v) is 7.39. The Kier molecular flexibility index (Phi) is 8.49. The van der Waals surface area contributed by atoms with Crippen LogP contribution in [0.1, 0.15) is 32.4 Å². The van der Waals surface area contributed by atoms with Crippen LogP contribution in [0.3, 0.4) is 0 Å². The van der Waals surface area contributed by atoms with Crippen molar-refractivity contribution in [1.82, 2.24) is 9.78 Å². The van der Waals surface area contributed by atoms with Gasteiger partial charge in [-0.3, -0.25) is 14.9 Å². The number of methoxy groups -OCH3 is 1. The number of nitro groups is 1. The van der Waals surface area contributed by atoms with E-state index in [0.29, 0.717) is 42.8 Å². The Morgan fingerprint density at radius 3 is 2.37 bits per heavy atom. The van der Waals surface area contributed by atoms with Crippen molar-refractivity contribution in [3.05, 3.63) is 64.3 Å². The average molecular weight is 485 g/mol. The molecule has 3 rings (SSSR count). The molecule has 11 heteroatoms. The van der Waals surface area contributed by atoms with Crippen molar-refractivity contribution in [2.45, 2.75) is 33.4 Å². The van der Waals surface area contributed by atoms with Gasteiger partial charge in [0.05, 0.1) is 25.2 Å². The molecule has 0 bridgehead atoms. The Balaban J connectivity index is 1.60. The fourth-order valence-corrected chi connectivity index (χ4v) is 3.19.